The van der Waals surface area contributed by atoms with Crippen molar-refractivity contribution >= 4 is 11.6 Å². The summed E-state index contributed by atoms with van der Waals surface area (Å²) in [6, 6.07) is 6.27. The minimum absolute atomic E-state index is 0.140. The van der Waals surface area contributed by atoms with Crippen LogP contribution in [0.4, 0.5) is 18.9 Å². The number of anilines is 1. The molecule has 2 rings (SSSR count). The van der Waals surface area contributed by atoms with Gasteiger partial charge in [0.15, 0.2) is 0 Å². The van der Waals surface area contributed by atoms with Gasteiger partial charge in [0.05, 0.1) is 5.56 Å². The summed E-state index contributed by atoms with van der Waals surface area (Å²) < 4.78 is 38.1. The number of nitriles is 1. The molecule has 0 aromatic heterocycles. The highest BCUT2D eigenvalue weighted by molar-refractivity contribution is 5.97. The van der Waals surface area contributed by atoms with E-state index in [1.807, 2.05) is 0 Å². The topological polar surface area (TPSA) is 80.2 Å². The molecule has 1 amide bonds. The van der Waals surface area contributed by atoms with Gasteiger partial charge < -0.3 is 16.0 Å². The summed E-state index contributed by atoms with van der Waals surface area (Å²) in [5.41, 5.74) is -0.876. The van der Waals surface area contributed by atoms with Gasteiger partial charge in [0.25, 0.3) is 5.91 Å². The van der Waals surface area contributed by atoms with Crippen molar-refractivity contribution in [2.45, 2.75) is 6.18 Å². The van der Waals surface area contributed by atoms with Crippen molar-refractivity contribution in [2.24, 2.45) is 0 Å². The number of alkyl halides is 3. The fraction of sp³-hybridized carbons (Fsp3) is 0.412. The molecule has 1 fully saturated rings. The largest absolute Gasteiger partial charge is 0.416 e. The van der Waals surface area contributed by atoms with Crippen molar-refractivity contribution in [3.8, 4) is 6.07 Å². The predicted molar refractivity (Wildman–Crippen MR) is 91.1 cm³/mol. The maximum absolute atomic E-state index is 12.7. The van der Waals surface area contributed by atoms with Crippen LogP contribution < -0.4 is 16.0 Å². The monoisotopic (exact) mass is 367 g/mol. The summed E-state index contributed by atoms with van der Waals surface area (Å²) in [6.07, 6.45) is -3.35. The fourth-order valence-electron chi connectivity index (χ4n) is 2.45. The minimum Gasteiger partial charge on any atom is -0.360 e. The molecule has 0 unspecified atom stereocenters. The quantitative estimate of drug-likeness (QED) is 0.525. The van der Waals surface area contributed by atoms with Crippen molar-refractivity contribution in [1.29, 1.82) is 5.26 Å². The van der Waals surface area contributed by atoms with E-state index < -0.39 is 17.6 Å². The Kier molecular flexibility index (Phi) is 7.00. The second-order valence-electron chi connectivity index (χ2n) is 5.74. The lowest BCUT2D eigenvalue weighted by Gasteiger charge is -2.27. The van der Waals surface area contributed by atoms with Crippen LogP contribution in [0.3, 0.4) is 0 Å². The van der Waals surface area contributed by atoms with Gasteiger partial charge in [-0.15, -0.1) is 0 Å². The molecule has 26 heavy (non-hydrogen) atoms. The number of piperazine rings is 1. The standard InChI is InChI=1S/C17H20F3N5O/c18-17(19,20)14-2-1-3-15(10-14)24-12-13(11-21)16(26)23-6-9-25-7-4-22-5-8-25/h1-3,10,12,22,24H,4-9H2,(H,23,26)/b13-12-. The summed E-state index contributed by atoms with van der Waals surface area (Å²) in [7, 11) is 0. The fourth-order valence-corrected chi connectivity index (χ4v) is 2.45. The molecular weight excluding hydrogens is 347 g/mol. The lowest BCUT2D eigenvalue weighted by molar-refractivity contribution is -0.137. The first-order valence-corrected chi connectivity index (χ1v) is 8.15. The average molecular weight is 367 g/mol. The second-order valence-corrected chi connectivity index (χ2v) is 5.74. The Morgan fingerprint density at radius 1 is 1.35 bits per heavy atom. The van der Waals surface area contributed by atoms with E-state index >= 15 is 0 Å². The zero-order chi connectivity index (χ0) is 19.0. The molecule has 1 heterocycles. The van der Waals surface area contributed by atoms with Gasteiger partial charge in [0.1, 0.15) is 11.6 Å². The van der Waals surface area contributed by atoms with Gasteiger partial charge in [0, 0.05) is 51.2 Å². The first-order valence-electron chi connectivity index (χ1n) is 8.15. The molecular formula is C17H20F3N5O. The summed E-state index contributed by atoms with van der Waals surface area (Å²) in [5, 5.41) is 17.5. The molecule has 0 aliphatic carbocycles. The highest BCUT2D eigenvalue weighted by Gasteiger charge is 2.30. The van der Waals surface area contributed by atoms with Gasteiger partial charge >= 0.3 is 6.18 Å². The van der Waals surface area contributed by atoms with E-state index in [0.717, 1.165) is 44.5 Å². The molecule has 1 aromatic carbocycles. The van der Waals surface area contributed by atoms with Crippen LogP contribution >= 0.6 is 0 Å². The molecule has 0 atom stereocenters. The normalized spacial score (nSPS) is 16.0. The highest BCUT2D eigenvalue weighted by atomic mass is 19.4. The lowest BCUT2D eigenvalue weighted by atomic mass is 10.2. The summed E-state index contributed by atoms with van der Waals surface area (Å²) in [5.74, 6) is -0.567. The van der Waals surface area contributed by atoms with E-state index in [0.29, 0.717) is 13.1 Å². The van der Waals surface area contributed by atoms with Gasteiger partial charge in [0.2, 0.25) is 0 Å². The van der Waals surface area contributed by atoms with Crippen molar-refractivity contribution in [3.63, 3.8) is 0 Å². The minimum atomic E-state index is -4.46. The Morgan fingerprint density at radius 3 is 2.73 bits per heavy atom. The third-order valence-electron chi connectivity index (χ3n) is 3.86. The maximum Gasteiger partial charge on any atom is 0.416 e. The molecule has 0 saturated carbocycles. The molecule has 1 aliphatic rings. The zero-order valence-corrected chi connectivity index (χ0v) is 14.1. The van der Waals surface area contributed by atoms with E-state index in [1.165, 1.54) is 12.1 Å². The zero-order valence-electron chi connectivity index (χ0n) is 14.1. The van der Waals surface area contributed by atoms with Crippen LogP contribution in [0.1, 0.15) is 5.56 Å². The van der Waals surface area contributed by atoms with Gasteiger partial charge in [-0.3, -0.25) is 9.69 Å². The molecule has 1 aliphatic heterocycles. The lowest BCUT2D eigenvalue weighted by Crippen LogP contribution is -2.46. The number of amides is 1. The number of carbonyl (C=O) groups excluding carboxylic acids is 1. The Hall–Kier alpha value is -2.57. The number of hydrogen-bond acceptors (Lipinski definition) is 5. The molecule has 1 aromatic rings. The molecule has 9 heteroatoms. The van der Waals surface area contributed by atoms with Crippen molar-refractivity contribution in [1.82, 2.24) is 15.5 Å². The Morgan fingerprint density at radius 2 is 2.08 bits per heavy atom. The predicted octanol–water partition coefficient (Wildman–Crippen LogP) is 1.55. The number of benzene rings is 1. The van der Waals surface area contributed by atoms with Gasteiger partial charge in [-0.1, -0.05) is 6.07 Å². The van der Waals surface area contributed by atoms with Crippen LogP contribution in [-0.4, -0.2) is 50.1 Å². The van der Waals surface area contributed by atoms with E-state index in [1.54, 1.807) is 6.07 Å². The second kappa shape index (κ2) is 9.22. The summed E-state index contributed by atoms with van der Waals surface area (Å²) in [4.78, 5) is 14.2. The van der Waals surface area contributed by atoms with Crippen LogP contribution in [0.15, 0.2) is 36.0 Å². The van der Waals surface area contributed by atoms with Gasteiger partial charge in [-0.2, -0.15) is 18.4 Å². The Bertz CT molecular complexity index is 690. The third kappa shape index (κ3) is 6.06. The average Bonchev–Trinajstić information content (AvgIpc) is 2.63. The first kappa shape index (κ1) is 19.8. The number of nitrogens with one attached hydrogen (secondary N) is 3. The highest BCUT2D eigenvalue weighted by Crippen LogP contribution is 2.30. The van der Waals surface area contributed by atoms with Crippen molar-refractivity contribution < 1.29 is 18.0 Å². The van der Waals surface area contributed by atoms with Crippen molar-refractivity contribution in [2.75, 3.05) is 44.6 Å². The number of nitrogens with zero attached hydrogens (tertiary/aromatic N) is 2. The van der Waals surface area contributed by atoms with E-state index in [2.05, 4.69) is 20.9 Å². The third-order valence-corrected chi connectivity index (χ3v) is 3.86. The molecule has 0 bridgehead atoms. The Balaban J connectivity index is 1.88. The van der Waals surface area contributed by atoms with Crippen LogP contribution in [0.2, 0.25) is 0 Å². The van der Waals surface area contributed by atoms with Crippen LogP contribution in [0, 0.1) is 11.3 Å². The molecule has 1 saturated heterocycles. The summed E-state index contributed by atoms with van der Waals surface area (Å²) >= 11 is 0. The number of halogens is 3. The van der Waals surface area contributed by atoms with E-state index in [-0.39, 0.29) is 11.3 Å². The van der Waals surface area contributed by atoms with Gasteiger partial charge in [-0.05, 0) is 18.2 Å². The molecule has 0 spiro atoms. The molecule has 140 valence electrons. The Labute approximate surface area is 149 Å². The number of carbonyl (C=O) groups is 1. The number of rotatable bonds is 6. The summed E-state index contributed by atoms with van der Waals surface area (Å²) in [6.45, 7) is 4.66. The number of hydrogen-bond donors (Lipinski definition) is 3. The van der Waals surface area contributed by atoms with Crippen LogP contribution in [-0.2, 0) is 11.0 Å². The smallest absolute Gasteiger partial charge is 0.360 e. The van der Waals surface area contributed by atoms with Crippen LogP contribution in [0.25, 0.3) is 0 Å². The molecule has 6 nitrogen and oxygen atoms in total. The molecule has 3 N–H and O–H groups in total. The van der Waals surface area contributed by atoms with E-state index in [9.17, 15) is 18.0 Å². The van der Waals surface area contributed by atoms with E-state index in [4.69, 9.17) is 5.26 Å². The van der Waals surface area contributed by atoms with Crippen molar-refractivity contribution in [3.05, 3.63) is 41.6 Å². The first-order chi connectivity index (χ1) is 12.4. The molecule has 0 radical (unpaired) electrons. The SMILES string of the molecule is N#C/C(=C/Nc1cccc(C(F)(F)F)c1)C(=O)NCCN1CCNCC1. The van der Waals surface area contributed by atoms with Gasteiger partial charge in [-0.25, -0.2) is 0 Å². The van der Waals surface area contributed by atoms with Crippen LogP contribution in [0.5, 0.6) is 0 Å². The maximum atomic E-state index is 12.7.